The van der Waals surface area contributed by atoms with Crippen molar-refractivity contribution in [3.8, 4) is 0 Å². The first-order valence-corrected chi connectivity index (χ1v) is 11.2. The third-order valence-corrected chi connectivity index (χ3v) is 5.82. The molecule has 1 fully saturated rings. The molecule has 3 rings (SSSR count). The summed E-state index contributed by atoms with van der Waals surface area (Å²) in [5.74, 6) is -0.618. The maximum Gasteiger partial charge on any atom is 0.331 e. The van der Waals surface area contributed by atoms with Crippen LogP contribution in [0.3, 0.4) is 0 Å². The Labute approximate surface area is 184 Å². The fourth-order valence-corrected chi connectivity index (χ4v) is 3.89. The van der Waals surface area contributed by atoms with Crippen LogP contribution >= 0.6 is 0 Å². The fourth-order valence-electron chi connectivity index (χ4n) is 3.89. The normalized spacial score (nSPS) is 15.0. The lowest BCUT2D eigenvalue weighted by molar-refractivity contribution is -0.148. The van der Waals surface area contributed by atoms with Gasteiger partial charge in [0.15, 0.2) is 6.61 Å². The van der Waals surface area contributed by atoms with E-state index in [4.69, 9.17) is 4.74 Å². The number of ether oxygens (including phenoxy) is 1. The number of rotatable bonds is 6. The van der Waals surface area contributed by atoms with Crippen LogP contribution in [0.5, 0.6) is 0 Å². The molecule has 0 unspecified atom stereocenters. The number of likely N-dealkylation sites (tertiary alicyclic amines) is 1. The predicted octanol–water partition coefficient (Wildman–Crippen LogP) is 4.21. The van der Waals surface area contributed by atoms with Gasteiger partial charge in [0.2, 0.25) is 0 Å². The third-order valence-electron chi connectivity index (χ3n) is 5.82. The third kappa shape index (κ3) is 6.54. The molecule has 1 aliphatic heterocycles. The maximum absolute atomic E-state index is 12.4. The molecule has 0 radical (unpaired) electrons. The second-order valence-corrected chi connectivity index (χ2v) is 8.32. The Kier molecular flexibility index (Phi) is 8.04. The first-order valence-electron chi connectivity index (χ1n) is 11.2. The number of carbonyl (C=O) groups is 2. The highest BCUT2D eigenvalue weighted by Gasteiger charge is 2.16. The number of hydrogen-bond donors (Lipinski definition) is 0. The van der Waals surface area contributed by atoms with Gasteiger partial charge in [-0.05, 0) is 45.3 Å². The summed E-state index contributed by atoms with van der Waals surface area (Å²) in [5.41, 5.74) is 5.14. The van der Waals surface area contributed by atoms with Crippen molar-refractivity contribution in [3.63, 3.8) is 0 Å². The van der Waals surface area contributed by atoms with Crippen LogP contribution in [0, 0.1) is 20.8 Å². The van der Waals surface area contributed by atoms with Gasteiger partial charge in [-0.3, -0.25) is 9.48 Å². The minimum absolute atomic E-state index is 0.109. The Hall–Kier alpha value is -2.89. The van der Waals surface area contributed by atoms with E-state index in [1.807, 2.05) is 23.4 Å². The molecule has 1 saturated heterocycles. The van der Waals surface area contributed by atoms with E-state index in [1.165, 1.54) is 23.6 Å². The molecule has 0 bridgehead atoms. The molecule has 1 amide bonds. The lowest BCUT2D eigenvalue weighted by atomic mass is 10.1. The van der Waals surface area contributed by atoms with E-state index in [2.05, 4.69) is 36.3 Å². The number of benzene rings is 1. The number of amides is 1. The van der Waals surface area contributed by atoms with Crippen molar-refractivity contribution >= 4 is 18.0 Å². The van der Waals surface area contributed by atoms with Crippen molar-refractivity contribution in [3.05, 3.63) is 58.4 Å². The quantitative estimate of drug-likeness (QED) is 0.516. The fraction of sp³-hybridized carbons (Fsp3) is 0.480. The molecular formula is C25H33N3O3. The zero-order valence-electron chi connectivity index (χ0n) is 18.9. The molecule has 0 atom stereocenters. The number of aromatic nitrogens is 2. The van der Waals surface area contributed by atoms with Crippen molar-refractivity contribution < 1.29 is 14.3 Å². The van der Waals surface area contributed by atoms with Gasteiger partial charge in [0, 0.05) is 30.4 Å². The summed E-state index contributed by atoms with van der Waals surface area (Å²) >= 11 is 0. The summed E-state index contributed by atoms with van der Waals surface area (Å²) in [6.07, 6.45) is 8.70. The lowest BCUT2D eigenvalue weighted by Gasteiger charge is -2.24. The van der Waals surface area contributed by atoms with E-state index in [9.17, 15) is 9.59 Å². The maximum atomic E-state index is 12.4. The Bertz CT molecular complexity index is 920. The summed E-state index contributed by atoms with van der Waals surface area (Å²) in [5, 5.41) is 4.61. The number of esters is 1. The number of nitrogens with zero attached hydrogens (tertiary/aromatic N) is 3. The number of hydrogen-bond acceptors (Lipinski definition) is 4. The van der Waals surface area contributed by atoms with Gasteiger partial charge in [-0.25, -0.2) is 4.79 Å². The van der Waals surface area contributed by atoms with E-state index in [0.29, 0.717) is 6.54 Å². The largest absolute Gasteiger partial charge is 0.452 e. The molecule has 2 heterocycles. The summed E-state index contributed by atoms with van der Waals surface area (Å²) in [7, 11) is 0. The summed E-state index contributed by atoms with van der Waals surface area (Å²) < 4.78 is 7.14. The highest BCUT2D eigenvalue weighted by molar-refractivity contribution is 5.89. The zero-order valence-corrected chi connectivity index (χ0v) is 18.9. The second-order valence-electron chi connectivity index (χ2n) is 8.32. The van der Waals surface area contributed by atoms with Crippen molar-refractivity contribution in [1.29, 1.82) is 0 Å². The minimum Gasteiger partial charge on any atom is -0.452 e. The van der Waals surface area contributed by atoms with Crippen LogP contribution in [0.1, 0.15) is 60.2 Å². The van der Waals surface area contributed by atoms with Crippen LogP contribution in [-0.4, -0.2) is 46.3 Å². The Morgan fingerprint density at radius 3 is 2.32 bits per heavy atom. The van der Waals surface area contributed by atoms with Crippen molar-refractivity contribution in [2.24, 2.45) is 0 Å². The molecule has 6 nitrogen and oxygen atoms in total. The molecule has 6 heteroatoms. The van der Waals surface area contributed by atoms with Crippen molar-refractivity contribution in [1.82, 2.24) is 14.7 Å². The Morgan fingerprint density at radius 1 is 1.00 bits per heavy atom. The monoisotopic (exact) mass is 423 g/mol. The first-order chi connectivity index (χ1) is 14.9. The lowest BCUT2D eigenvalue weighted by Crippen LogP contribution is -2.36. The summed E-state index contributed by atoms with van der Waals surface area (Å²) in [6, 6.07) is 8.38. The van der Waals surface area contributed by atoms with Crippen LogP contribution < -0.4 is 0 Å². The van der Waals surface area contributed by atoms with E-state index in [0.717, 1.165) is 55.7 Å². The van der Waals surface area contributed by atoms with Gasteiger partial charge < -0.3 is 9.64 Å². The van der Waals surface area contributed by atoms with Gasteiger partial charge in [0.25, 0.3) is 5.91 Å². The molecule has 1 aliphatic rings. The van der Waals surface area contributed by atoms with Gasteiger partial charge in [-0.15, -0.1) is 0 Å². The van der Waals surface area contributed by atoms with Crippen LogP contribution in [0.2, 0.25) is 0 Å². The molecule has 2 aromatic rings. The predicted molar refractivity (Wildman–Crippen MR) is 122 cm³/mol. The van der Waals surface area contributed by atoms with Gasteiger partial charge in [-0.2, -0.15) is 5.10 Å². The molecule has 31 heavy (non-hydrogen) atoms. The first kappa shape index (κ1) is 22.8. The second kappa shape index (κ2) is 10.9. The smallest absolute Gasteiger partial charge is 0.331 e. The van der Waals surface area contributed by atoms with Crippen LogP contribution in [-0.2, 0) is 20.9 Å². The molecule has 0 aliphatic carbocycles. The SMILES string of the molecule is Cc1ccc(Cn2nc(C)c(/C=C/C(=O)OCC(=O)N3CCCCCCC3)c2C)cc1. The van der Waals surface area contributed by atoms with E-state index < -0.39 is 5.97 Å². The van der Waals surface area contributed by atoms with Gasteiger partial charge in [0.05, 0.1) is 12.2 Å². The average molecular weight is 424 g/mol. The van der Waals surface area contributed by atoms with Crippen LogP contribution in [0.4, 0.5) is 0 Å². The summed E-state index contributed by atoms with van der Waals surface area (Å²) in [6.45, 7) is 7.97. The molecular weight excluding hydrogens is 390 g/mol. The molecule has 1 aromatic heterocycles. The Balaban J connectivity index is 1.55. The number of aryl methyl sites for hydroxylation is 2. The summed E-state index contributed by atoms with van der Waals surface area (Å²) in [4.78, 5) is 26.4. The van der Waals surface area contributed by atoms with Gasteiger partial charge in [-0.1, -0.05) is 49.1 Å². The molecule has 0 saturated carbocycles. The zero-order chi connectivity index (χ0) is 22.2. The highest BCUT2D eigenvalue weighted by atomic mass is 16.5. The topological polar surface area (TPSA) is 64.4 Å². The number of carbonyl (C=O) groups excluding carboxylic acids is 2. The van der Waals surface area contributed by atoms with Crippen LogP contribution in [0.15, 0.2) is 30.3 Å². The van der Waals surface area contributed by atoms with Crippen LogP contribution in [0.25, 0.3) is 6.08 Å². The van der Waals surface area contributed by atoms with Gasteiger partial charge in [0.1, 0.15) is 0 Å². The minimum atomic E-state index is -0.509. The molecule has 1 aromatic carbocycles. The van der Waals surface area contributed by atoms with Gasteiger partial charge >= 0.3 is 5.97 Å². The van der Waals surface area contributed by atoms with E-state index in [1.54, 1.807) is 6.08 Å². The molecule has 166 valence electrons. The van der Waals surface area contributed by atoms with Crippen molar-refractivity contribution in [2.45, 2.75) is 59.4 Å². The highest BCUT2D eigenvalue weighted by Crippen LogP contribution is 2.17. The van der Waals surface area contributed by atoms with E-state index >= 15 is 0 Å². The average Bonchev–Trinajstić information content (AvgIpc) is 2.98. The van der Waals surface area contributed by atoms with Crippen molar-refractivity contribution in [2.75, 3.05) is 19.7 Å². The molecule has 0 N–H and O–H groups in total. The Morgan fingerprint density at radius 2 is 1.65 bits per heavy atom. The van der Waals surface area contributed by atoms with E-state index in [-0.39, 0.29) is 12.5 Å². The molecule has 0 spiro atoms. The standard InChI is InChI=1S/C25H33N3O3/c1-19-9-11-22(12-10-19)17-28-21(3)23(20(2)26-28)13-14-25(30)31-18-24(29)27-15-7-5-4-6-8-16-27/h9-14H,4-8,15-18H2,1-3H3/b14-13+.